The van der Waals surface area contributed by atoms with Gasteiger partial charge in [-0.3, -0.25) is 4.98 Å². The maximum atomic E-state index is 9.37. The maximum Gasteiger partial charge on any atom is 0.116 e. The Morgan fingerprint density at radius 2 is 2.25 bits per heavy atom. The quantitative estimate of drug-likeness (QED) is 0.724. The van der Waals surface area contributed by atoms with E-state index in [1.807, 2.05) is 6.92 Å². The van der Waals surface area contributed by atoms with E-state index in [0.29, 0.717) is 11.0 Å². The van der Waals surface area contributed by atoms with Crippen molar-refractivity contribution in [3.8, 4) is 0 Å². The third-order valence-corrected chi connectivity index (χ3v) is 2.68. The van der Waals surface area contributed by atoms with Gasteiger partial charge in [0.1, 0.15) is 7.85 Å². The molecule has 0 bridgehead atoms. The first kappa shape index (κ1) is 9.74. The fourth-order valence-corrected chi connectivity index (χ4v) is 1.70. The zero-order valence-corrected chi connectivity index (χ0v) is 8.59. The number of aromatic nitrogens is 1. The van der Waals surface area contributed by atoms with Crippen LogP contribution in [0.15, 0.2) is 10.7 Å². The molecule has 1 rings (SSSR count). The molecular weight excluding hydrogens is 217 g/mol. The van der Waals surface area contributed by atoms with E-state index in [1.165, 1.54) is 0 Å². The highest BCUT2D eigenvalue weighted by Gasteiger charge is 2.11. The van der Waals surface area contributed by atoms with Crippen LogP contribution in [0.2, 0.25) is 0 Å². The van der Waals surface area contributed by atoms with Gasteiger partial charge in [0.15, 0.2) is 0 Å². The maximum absolute atomic E-state index is 9.37. The number of hydrogen-bond donors (Lipinski definition) is 1. The van der Waals surface area contributed by atoms with E-state index in [0.717, 1.165) is 10.2 Å². The minimum absolute atomic E-state index is 0.516. The van der Waals surface area contributed by atoms with E-state index < -0.39 is 6.10 Å². The molecule has 1 unspecified atom stereocenters. The topological polar surface area (TPSA) is 33.1 Å². The van der Waals surface area contributed by atoms with Crippen molar-refractivity contribution in [3.63, 3.8) is 0 Å². The van der Waals surface area contributed by atoms with Gasteiger partial charge in [-0.2, -0.15) is 0 Å². The molecule has 62 valence electrons. The average Bonchev–Trinajstić information content (AvgIpc) is 1.97. The molecule has 4 heteroatoms. The second-order valence-electron chi connectivity index (χ2n) is 2.70. The molecule has 0 aliphatic heterocycles. The molecule has 1 aromatic rings. The van der Waals surface area contributed by atoms with E-state index in [2.05, 4.69) is 20.9 Å². The molecule has 0 aromatic carbocycles. The molecule has 0 aliphatic rings. The summed E-state index contributed by atoms with van der Waals surface area (Å²) in [5.74, 6) is 0. The molecule has 0 aliphatic carbocycles. The molecule has 1 N–H and O–H groups in total. The molecule has 0 fully saturated rings. The summed E-state index contributed by atoms with van der Waals surface area (Å²) in [5, 5.41) is 9.37. The minimum Gasteiger partial charge on any atom is -0.389 e. The summed E-state index contributed by atoms with van der Waals surface area (Å²) in [7, 11) is 5.64. The lowest BCUT2D eigenvalue weighted by Gasteiger charge is -2.12. The first-order chi connectivity index (χ1) is 5.54. The Hall–Kier alpha value is -0.345. The summed E-state index contributed by atoms with van der Waals surface area (Å²) >= 11 is 3.33. The number of rotatable bonds is 1. The van der Waals surface area contributed by atoms with Crippen molar-refractivity contribution in [2.75, 3.05) is 0 Å². The second-order valence-corrected chi connectivity index (χ2v) is 3.50. The SMILES string of the molecule is [B]c1cnc(C)c(Br)c1C(C)O. The average molecular weight is 226 g/mol. The van der Waals surface area contributed by atoms with Gasteiger partial charge in [0.05, 0.1) is 11.8 Å². The molecule has 1 heterocycles. The van der Waals surface area contributed by atoms with Crippen LogP contribution in [0.5, 0.6) is 0 Å². The number of aliphatic hydroxyl groups excluding tert-OH is 1. The Morgan fingerprint density at radius 3 is 2.67 bits per heavy atom. The molecule has 2 radical (unpaired) electrons. The summed E-state index contributed by atoms with van der Waals surface area (Å²) in [6.07, 6.45) is 0.989. The number of hydrogen-bond acceptors (Lipinski definition) is 2. The zero-order chi connectivity index (χ0) is 9.30. The highest BCUT2D eigenvalue weighted by atomic mass is 79.9. The summed E-state index contributed by atoms with van der Waals surface area (Å²) in [6, 6.07) is 0. The normalized spacial score (nSPS) is 13.0. The smallest absolute Gasteiger partial charge is 0.116 e. The summed E-state index contributed by atoms with van der Waals surface area (Å²) in [4.78, 5) is 4.04. The molecule has 0 saturated carbocycles. The predicted molar refractivity (Wildman–Crippen MR) is 52.7 cm³/mol. The standard InChI is InChI=1S/C8H9BBrNO/c1-4-8(10)7(5(2)12)6(9)3-11-4/h3,5,12H,1-2H3. The first-order valence-corrected chi connectivity index (χ1v) is 4.42. The van der Waals surface area contributed by atoms with Crippen molar-refractivity contribution in [2.45, 2.75) is 20.0 Å². The lowest BCUT2D eigenvalue weighted by atomic mass is 9.90. The molecule has 12 heavy (non-hydrogen) atoms. The Bertz CT molecular complexity index is 301. The number of aryl methyl sites for hydroxylation is 1. The fraction of sp³-hybridized carbons (Fsp3) is 0.375. The number of nitrogens with zero attached hydrogens (tertiary/aromatic N) is 1. The van der Waals surface area contributed by atoms with Gasteiger partial charge in [-0.15, -0.1) is 0 Å². The van der Waals surface area contributed by atoms with Gasteiger partial charge in [-0.05, 0) is 35.3 Å². The van der Waals surface area contributed by atoms with Gasteiger partial charge in [-0.1, -0.05) is 5.46 Å². The second kappa shape index (κ2) is 3.58. The molecule has 0 amide bonds. The third kappa shape index (κ3) is 1.70. The van der Waals surface area contributed by atoms with Crippen molar-refractivity contribution < 1.29 is 5.11 Å². The van der Waals surface area contributed by atoms with Gasteiger partial charge in [0.25, 0.3) is 0 Å². The Labute approximate surface area is 81.6 Å². The number of pyridine rings is 1. The van der Waals surface area contributed by atoms with Gasteiger partial charge in [-0.25, -0.2) is 0 Å². The van der Waals surface area contributed by atoms with Gasteiger partial charge in [0.2, 0.25) is 0 Å². The van der Waals surface area contributed by atoms with E-state index in [-0.39, 0.29) is 0 Å². The lowest BCUT2D eigenvalue weighted by Crippen LogP contribution is -2.15. The third-order valence-electron chi connectivity index (χ3n) is 1.68. The molecule has 0 saturated heterocycles. The van der Waals surface area contributed by atoms with E-state index in [9.17, 15) is 5.11 Å². The van der Waals surface area contributed by atoms with E-state index in [1.54, 1.807) is 13.1 Å². The van der Waals surface area contributed by atoms with Crippen molar-refractivity contribution in [2.24, 2.45) is 0 Å². The molecule has 0 spiro atoms. The summed E-state index contributed by atoms with van der Waals surface area (Å²) < 4.78 is 0.789. The van der Waals surface area contributed by atoms with Crippen molar-refractivity contribution >= 4 is 29.2 Å². The lowest BCUT2D eigenvalue weighted by molar-refractivity contribution is 0.199. The molecule has 1 atom stereocenters. The highest BCUT2D eigenvalue weighted by Crippen LogP contribution is 2.22. The minimum atomic E-state index is -0.568. The van der Waals surface area contributed by atoms with Gasteiger partial charge < -0.3 is 5.11 Å². The molecule has 2 nitrogen and oxygen atoms in total. The zero-order valence-electron chi connectivity index (χ0n) is 7.00. The van der Waals surface area contributed by atoms with Crippen LogP contribution in [0.3, 0.4) is 0 Å². The predicted octanol–water partition coefficient (Wildman–Crippen LogP) is 1.000. The van der Waals surface area contributed by atoms with Crippen molar-refractivity contribution in [1.82, 2.24) is 4.98 Å². The van der Waals surface area contributed by atoms with Crippen LogP contribution >= 0.6 is 15.9 Å². The number of aliphatic hydroxyl groups is 1. The van der Waals surface area contributed by atoms with Crippen LogP contribution in [0, 0.1) is 6.92 Å². The first-order valence-electron chi connectivity index (χ1n) is 3.62. The summed E-state index contributed by atoms with van der Waals surface area (Å²) in [6.45, 7) is 3.53. The monoisotopic (exact) mass is 225 g/mol. The highest BCUT2D eigenvalue weighted by molar-refractivity contribution is 9.10. The van der Waals surface area contributed by atoms with Crippen LogP contribution in [-0.2, 0) is 0 Å². The Balaban J connectivity index is 3.33. The van der Waals surface area contributed by atoms with E-state index in [4.69, 9.17) is 7.85 Å². The van der Waals surface area contributed by atoms with Crippen molar-refractivity contribution in [3.05, 3.63) is 21.9 Å². The molecule has 1 aromatic heterocycles. The van der Waals surface area contributed by atoms with E-state index >= 15 is 0 Å². The van der Waals surface area contributed by atoms with Crippen LogP contribution in [0.25, 0.3) is 0 Å². The van der Waals surface area contributed by atoms with Gasteiger partial charge >= 0.3 is 0 Å². The summed E-state index contributed by atoms with van der Waals surface area (Å²) in [5.41, 5.74) is 2.06. The number of halogens is 1. The Morgan fingerprint density at radius 1 is 1.67 bits per heavy atom. The van der Waals surface area contributed by atoms with Crippen LogP contribution < -0.4 is 5.46 Å². The van der Waals surface area contributed by atoms with Crippen LogP contribution in [0.1, 0.15) is 24.3 Å². The van der Waals surface area contributed by atoms with Gasteiger partial charge in [0, 0.05) is 10.7 Å². The Kier molecular flexibility index (Phi) is 2.91. The van der Waals surface area contributed by atoms with Crippen LogP contribution in [-0.4, -0.2) is 17.9 Å². The van der Waals surface area contributed by atoms with Crippen molar-refractivity contribution in [1.29, 1.82) is 0 Å². The van der Waals surface area contributed by atoms with Crippen LogP contribution in [0.4, 0.5) is 0 Å². The largest absolute Gasteiger partial charge is 0.389 e. The molecular formula is C8H9BBrNO. The fourth-order valence-electron chi connectivity index (χ4n) is 1.04.